The molecule has 7 heteroatoms. The average Bonchev–Trinajstić information content (AvgIpc) is 2.99. The zero-order valence-electron chi connectivity index (χ0n) is 14.4. The summed E-state index contributed by atoms with van der Waals surface area (Å²) in [7, 11) is 3.17. The molecule has 2 rings (SSSR count). The van der Waals surface area contributed by atoms with Gasteiger partial charge in [0.2, 0.25) is 0 Å². The fourth-order valence-electron chi connectivity index (χ4n) is 2.24. The Balaban J connectivity index is 1.88. The highest BCUT2D eigenvalue weighted by molar-refractivity contribution is 7.11. The van der Waals surface area contributed by atoms with Crippen LogP contribution in [-0.4, -0.2) is 31.6 Å². The van der Waals surface area contributed by atoms with Crippen LogP contribution in [0.25, 0.3) is 0 Å². The van der Waals surface area contributed by atoms with Crippen molar-refractivity contribution in [1.29, 1.82) is 0 Å². The summed E-state index contributed by atoms with van der Waals surface area (Å²) in [4.78, 5) is 9.75. The van der Waals surface area contributed by atoms with Gasteiger partial charge in [-0.1, -0.05) is 6.07 Å². The van der Waals surface area contributed by atoms with Crippen molar-refractivity contribution in [3.8, 4) is 5.75 Å². The van der Waals surface area contributed by atoms with Gasteiger partial charge in [0.1, 0.15) is 0 Å². The van der Waals surface area contributed by atoms with E-state index in [4.69, 9.17) is 4.74 Å². The number of nitrogens with zero attached hydrogens (tertiary/aromatic N) is 2. The van der Waals surface area contributed by atoms with Gasteiger partial charge in [-0.3, -0.25) is 4.99 Å². The summed E-state index contributed by atoms with van der Waals surface area (Å²) in [5, 5.41) is 7.60. The minimum Gasteiger partial charge on any atom is -0.494 e. The van der Waals surface area contributed by atoms with E-state index in [9.17, 15) is 4.39 Å². The molecule has 0 aliphatic heterocycles. The number of hydrogen-bond donors (Lipinski definition) is 2. The number of methoxy groups -OCH3 is 1. The monoisotopic (exact) mass is 350 g/mol. The van der Waals surface area contributed by atoms with Crippen LogP contribution >= 0.6 is 11.3 Å². The van der Waals surface area contributed by atoms with E-state index in [0.717, 1.165) is 23.5 Å². The van der Waals surface area contributed by atoms with Crippen LogP contribution in [0.15, 0.2) is 29.4 Å². The number of benzene rings is 1. The Kier molecular flexibility index (Phi) is 6.54. The summed E-state index contributed by atoms with van der Waals surface area (Å²) in [5.41, 5.74) is 0.826. The molecule has 0 radical (unpaired) electrons. The smallest absolute Gasteiger partial charge is 0.191 e. The van der Waals surface area contributed by atoms with Gasteiger partial charge in [0, 0.05) is 31.1 Å². The number of halogens is 1. The molecule has 0 fully saturated rings. The fraction of sp³-hybridized carbons (Fsp3) is 0.412. The molecule has 2 aromatic rings. The third-order valence-electron chi connectivity index (χ3n) is 3.55. The van der Waals surface area contributed by atoms with Gasteiger partial charge in [0.15, 0.2) is 17.5 Å². The van der Waals surface area contributed by atoms with Gasteiger partial charge in [-0.05, 0) is 31.5 Å². The van der Waals surface area contributed by atoms with Gasteiger partial charge >= 0.3 is 0 Å². The number of rotatable bonds is 6. The lowest BCUT2D eigenvalue weighted by Crippen LogP contribution is -2.39. The zero-order chi connectivity index (χ0) is 17.5. The number of aliphatic imine (C=N–C) groups is 1. The molecule has 130 valence electrons. The Hall–Kier alpha value is -2.15. The molecular weight excluding hydrogens is 327 g/mol. The molecule has 1 aromatic heterocycles. The van der Waals surface area contributed by atoms with Crippen molar-refractivity contribution in [2.45, 2.75) is 26.3 Å². The van der Waals surface area contributed by atoms with Gasteiger partial charge in [-0.15, -0.1) is 11.3 Å². The Labute approximate surface area is 146 Å². The SMILES string of the molecule is CN=C(NCCc1ncc(C)s1)NC(C)c1ccc(OC)c(F)c1. The van der Waals surface area contributed by atoms with E-state index in [1.54, 1.807) is 24.5 Å². The largest absolute Gasteiger partial charge is 0.494 e. The molecule has 1 atom stereocenters. The average molecular weight is 350 g/mol. The molecule has 0 aliphatic rings. The second kappa shape index (κ2) is 8.63. The second-order valence-electron chi connectivity index (χ2n) is 5.37. The molecule has 0 amide bonds. The molecule has 0 bridgehead atoms. The molecule has 1 heterocycles. The lowest BCUT2D eigenvalue weighted by Gasteiger charge is -2.18. The molecule has 5 nitrogen and oxygen atoms in total. The highest BCUT2D eigenvalue weighted by Gasteiger charge is 2.11. The first kappa shape index (κ1) is 18.2. The normalized spacial score (nSPS) is 12.8. The summed E-state index contributed by atoms with van der Waals surface area (Å²) in [6.07, 6.45) is 2.72. The summed E-state index contributed by atoms with van der Waals surface area (Å²) in [6, 6.07) is 4.86. The van der Waals surface area contributed by atoms with E-state index < -0.39 is 0 Å². The summed E-state index contributed by atoms with van der Waals surface area (Å²) in [5.74, 6) is 0.546. The minimum atomic E-state index is -0.370. The van der Waals surface area contributed by atoms with Crippen LogP contribution in [0.5, 0.6) is 5.75 Å². The third kappa shape index (κ3) is 4.92. The molecule has 0 spiro atoms. The molecule has 1 unspecified atom stereocenters. The fourth-order valence-corrected chi connectivity index (χ4v) is 3.03. The number of nitrogens with one attached hydrogen (secondary N) is 2. The lowest BCUT2D eigenvalue weighted by atomic mass is 10.1. The third-order valence-corrected chi connectivity index (χ3v) is 4.53. The maximum Gasteiger partial charge on any atom is 0.191 e. The van der Waals surface area contributed by atoms with E-state index in [1.165, 1.54) is 18.1 Å². The van der Waals surface area contributed by atoms with Crippen molar-refractivity contribution in [3.05, 3.63) is 45.7 Å². The van der Waals surface area contributed by atoms with Crippen LogP contribution in [0.4, 0.5) is 4.39 Å². The van der Waals surface area contributed by atoms with Crippen molar-refractivity contribution in [2.75, 3.05) is 20.7 Å². The Morgan fingerprint density at radius 1 is 1.46 bits per heavy atom. The van der Waals surface area contributed by atoms with E-state index in [0.29, 0.717) is 5.96 Å². The number of thiazole rings is 1. The van der Waals surface area contributed by atoms with Crippen LogP contribution in [0, 0.1) is 12.7 Å². The summed E-state index contributed by atoms with van der Waals surface area (Å²) >= 11 is 1.70. The van der Waals surface area contributed by atoms with Gasteiger partial charge in [-0.25, -0.2) is 9.37 Å². The summed E-state index contributed by atoms with van der Waals surface area (Å²) in [6.45, 7) is 4.74. The van der Waals surface area contributed by atoms with Gasteiger partial charge in [0.05, 0.1) is 18.2 Å². The van der Waals surface area contributed by atoms with Crippen molar-refractivity contribution in [2.24, 2.45) is 4.99 Å². The predicted molar refractivity (Wildman–Crippen MR) is 96.4 cm³/mol. The van der Waals surface area contributed by atoms with E-state index in [-0.39, 0.29) is 17.6 Å². The van der Waals surface area contributed by atoms with Crippen molar-refractivity contribution in [1.82, 2.24) is 15.6 Å². The molecule has 1 aromatic carbocycles. The first-order valence-corrected chi connectivity index (χ1v) is 8.57. The van der Waals surface area contributed by atoms with Crippen molar-refractivity contribution < 1.29 is 9.13 Å². The standard InChI is InChI=1S/C17H23FN4OS/c1-11-10-21-16(24-11)7-8-20-17(19-3)22-12(2)13-5-6-15(23-4)14(18)9-13/h5-6,9-10,12H,7-8H2,1-4H3,(H2,19,20,22). The zero-order valence-corrected chi connectivity index (χ0v) is 15.2. The highest BCUT2D eigenvalue weighted by atomic mass is 32.1. The number of guanidine groups is 1. The number of aromatic nitrogens is 1. The topological polar surface area (TPSA) is 58.5 Å². The quantitative estimate of drug-likeness (QED) is 0.621. The van der Waals surface area contributed by atoms with E-state index >= 15 is 0 Å². The Morgan fingerprint density at radius 2 is 2.25 bits per heavy atom. The maximum absolute atomic E-state index is 13.8. The van der Waals surface area contributed by atoms with E-state index in [1.807, 2.05) is 26.1 Å². The van der Waals surface area contributed by atoms with Crippen LogP contribution in [0.1, 0.15) is 28.4 Å². The predicted octanol–water partition coefficient (Wildman–Crippen LogP) is 3.07. The van der Waals surface area contributed by atoms with Gasteiger partial charge in [0.25, 0.3) is 0 Å². The first-order valence-electron chi connectivity index (χ1n) is 7.75. The molecule has 2 N–H and O–H groups in total. The number of aryl methyl sites for hydroxylation is 1. The Morgan fingerprint density at radius 3 is 2.83 bits per heavy atom. The van der Waals surface area contributed by atoms with Crippen molar-refractivity contribution >= 4 is 17.3 Å². The first-order chi connectivity index (χ1) is 11.5. The number of hydrogen-bond acceptors (Lipinski definition) is 4. The molecule has 0 aliphatic carbocycles. The number of ether oxygens (including phenoxy) is 1. The summed E-state index contributed by atoms with van der Waals surface area (Å²) < 4.78 is 18.8. The molecular formula is C17H23FN4OS. The molecule has 0 saturated carbocycles. The van der Waals surface area contributed by atoms with Crippen LogP contribution in [0.2, 0.25) is 0 Å². The van der Waals surface area contributed by atoms with Crippen LogP contribution in [-0.2, 0) is 6.42 Å². The van der Waals surface area contributed by atoms with Crippen LogP contribution in [0.3, 0.4) is 0 Å². The molecule has 24 heavy (non-hydrogen) atoms. The van der Waals surface area contributed by atoms with E-state index in [2.05, 4.69) is 20.6 Å². The molecule has 0 saturated heterocycles. The highest BCUT2D eigenvalue weighted by Crippen LogP contribution is 2.21. The Bertz CT molecular complexity index is 702. The maximum atomic E-state index is 13.8. The van der Waals surface area contributed by atoms with Gasteiger partial charge < -0.3 is 15.4 Å². The second-order valence-corrected chi connectivity index (χ2v) is 6.69. The van der Waals surface area contributed by atoms with Gasteiger partial charge in [-0.2, -0.15) is 0 Å². The minimum absolute atomic E-state index is 0.0845. The lowest BCUT2D eigenvalue weighted by molar-refractivity contribution is 0.386. The van der Waals surface area contributed by atoms with Crippen molar-refractivity contribution in [3.63, 3.8) is 0 Å². The van der Waals surface area contributed by atoms with Crippen LogP contribution < -0.4 is 15.4 Å².